The van der Waals surface area contributed by atoms with Gasteiger partial charge >= 0.3 is 7.82 Å². The zero-order valence-electron chi connectivity index (χ0n) is 15.4. The van der Waals surface area contributed by atoms with Crippen LogP contribution in [0.15, 0.2) is 0 Å². The van der Waals surface area contributed by atoms with Gasteiger partial charge in [-0.25, -0.2) is 4.57 Å². The highest BCUT2D eigenvalue weighted by Crippen LogP contribution is 2.42. The number of phosphoric ester groups is 1. The third kappa shape index (κ3) is 20.1. The standard InChI is InChI=1S/C16H35O8P/c1-2-3-9-21-13-14-22-15-16-24-25(18,19)23-12-7-6-11-20-10-5-4-8-17/h17H,2-16H2,1H3,(H,18,19). The first-order valence-electron chi connectivity index (χ1n) is 9.08. The summed E-state index contributed by atoms with van der Waals surface area (Å²) in [4.78, 5) is 9.49. The van der Waals surface area contributed by atoms with Crippen LogP contribution in [0.1, 0.15) is 45.4 Å². The lowest BCUT2D eigenvalue weighted by molar-refractivity contribution is 0.0291. The van der Waals surface area contributed by atoms with Crippen molar-refractivity contribution in [3.8, 4) is 0 Å². The second kappa shape index (κ2) is 18.7. The summed E-state index contributed by atoms with van der Waals surface area (Å²) in [6, 6.07) is 0. The van der Waals surface area contributed by atoms with E-state index in [0.29, 0.717) is 32.8 Å². The Labute approximate surface area is 151 Å². The Balaban J connectivity index is 3.34. The molecule has 9 heteroatoms. The number of aliphatic hydroxyl groups excluding tert-OH is 1. The Morgan fingerprint density at radius 3 is 1.84 bits per heavy atom. The van der Waals surface area contributed by atoms with E-state index >= 15 is 0 Å². The molecule has 0 aromatic rings. The van der Waals surface area contributed by atoms with Gasteiger partial charge < -0.3 is 24.2 Å². The Morgan fingerprint density at radius 2 is 1.16 bits per heavy atom. The zero-order valence-corrected chi connectivity index (χ0v) is 16.3. The molecule has 0 fully saturated rings. The summed E-state index contributed by atoms with van der Waals surface area (Å²) in [6.45, 7) is 5.48. The Morgan fingerprint density at radius 1 is 0.680 bits per heavy atom. The second-order valence-corrected chi connectivity index (χ2v) is 6.92. The molecule has 0 heterocycles. The lowest BCUT2D eigenvalue weighted by Gasteiger charge is -2.12. The average molecular weight is 386 g/mol. The van der Waals surface area contributed by atoms with E-state index in [-0.39, 0.29) is 26.4 Å². The van der Waals surface area contributed by atoms with Crippen LogP contribution in [-0.4, -0.2) is 69.5 Å². The normalized spacial score (nSPS) is 13.9. The van der Waals surface area contributed by atoms with Crippen LogP contribution in [0.2, 0.25) is 0 Å². The Hall–Kier alpha value is -0.0500. The maximum Gasteiger partial charge on any atom is 0.472 e. The van der Waals surface area contributed by atoms with Crippen molar-refractivity contribution in [2.45, 2.75) is 45.4 Å². The van der Waals surface area contributed by atoms with E-state index in [0.717, 1.165) is 38.7 Å². The Kier molecular flexibility index (Phi) is 18.7. The van der Waals surface area contributed by atoms with Gasteiger partial charge in [-0.1, -0.05) is 13.3 Å². The van der Waals surface area contributed by atoms with Crippen LogP contribution in [0.5, 0.6) is 0 Å². The third-order valence-corrected chi connectivity index (χ3v) is 4.15. The maximum atomic E-state index is 11.6. The number of phosphoric acid groups is 1. The second-order valence-electron chi connectivity index (χ2n) is 5.46. The van der Waals surface area contributed by atoms with Crippen molar-refractivity contribution >= 4 is 7.82 Å². The van der Waals surface area contributed by atoms with Crippen LogP contribution in [-0.2, 0) is 27.8 Å². The van der Waals surface area contributed by atoms with Gasteiger partial charge in [-0.3, -0.25) is 9.05 Å². The van der Waals surface area contributed by atoms with Crippen molar-refractivity contribution in [2.24, 2.45) is 0 Å². The molecule has 0 radical (unpaired) electrons. The summed E-state index contributed by atoms with van der Waals surface area (Å²) in [5.41, 5.74) is 0. The molecule has 0 aliphatic carbocycles. The van der Waals surface area contributed by atoms with Crippen molar-refractivity contribution in [3.05, 3.63) is 0 Å². The van der Waals surface area contributed by atoms with Crippen molar-refractivity contribution < 1.29 is 37.8 Å². The number of ether oxygens (including phenoxy) is 3. The largest absolute Gasteiger partial charge is 0.472 e. The van der Waals surface area contributed by atoms with E-state index in [1.165, 1.54) is 0 Å². The molecule has 0 aromatic carbocycles. The molecule has 0 aliphatic heterocycles. The van der Waals surface area contributed by atoms with Gasteiger partial charge in [-0.05, 0) is 32.1 Å². The summed E-state index contributed by atoms with van der Waals surface area (Å²) in [5, 5.41) is 8.61. The maximum absolute atomic E-state index is 11.6. The first-order chi connectivity index (χ1) is 12.1. The SMILES string of the molecule is CCCCOCCOCCOP(=O)(O)OCCCCOCCCCO. The monoisotopic (exact) mass is 386 g/mol. The summed E-state index contributed by atoms with van der Waals surface area (Å²) >= 11 is 0. The minimum Gasteiger partial charge on any atom is -0.396 e. The number of unbranched alkanes of at least 4 members (excludes halogenated alkanes) is 3. The molecule has 1 unspecified atom stereocenters. The summed E-state index contributed by atoms with van der Waals surface area (Å²) in [6.07, 6.45) is 5.05. The lowest BCUT2D eigenvalue weighted by atomic mass is 10.3. The van der Waals surface area contributed by atoms with Gasteiger partial charge in [0.05, 0.1) is 33.0 Å². The van der Waals surface area contributed by atoms with E-state index in [1.807, 2.05) is 0 Å². The van der Waals surface area contributed by atoms with Crippen LogP contribution in [0.25, 0.3) is 0 Å². The quantitative estimate of drug-likeness (QED) is 0.243. The van der Waals surface area contributed by atoms with Crippen LogP contribution in [0.4, 0.5) is 0 Å². The minimum absolute atomic E-state index is 0.00327. The predicted octanol–water partition coefficient (Wildman–Crippen LogP) is 2.52. The van der Waals surface area contributed by atoms with Gasteiger partial charge in [0.2, 0.25) is 0 Å². The molecule has 0 amide bonds. The van der Waals surface area contributed by atoms with Gasteiger partial charge in [-0.15, -0.1) is 0 Å². The molecule has 8 nitrogen and oxygen atoms in total. The Bertz CT molecular complexity index is 291. The van der Waals surface area contributed by atoms with Gasteiger partial charge in [0, 0.05) is 26.4 Å². The summed E-state index contributed by atoms with van der Waals surface area (Å²) in [5.74, 6) is 0. The highest BCUT2D eigenvalue weighted by atomic mass is 31.2. The number of hydrogen-bond acceptors (Lipinski definition) is 7. The third-order valence-electron chi connectivity index (χ3n) is 3.13. The van der Waals surface area contributed by atoms with Gasteiger partial charge in [-0.2, -0.15) is 0 Å². The molecule has 0 aromatic heterocycles. The fraction of sp³-hybridized carbons (Fsp3) is 1.00. The summed E-state index contributed by atoms with van der Waals surface area (Å²) in [7, 11) is -4.01. The molecular formula is C16H35O8P. The smallest absolute Gasteiger partial charge is 0.396 e. The van der Waals surface area contributed by atoms with E-state index in [1.54, 1.807) is 0 Å². The van der Waals surface area contributed by atoms with Gasteiger partial charge in [0.25, 0.3) is 0 Å². The molecule has 0 saturated heterocycles. The molecule has 0 saturated carbocycles. The molecule has 152 valence electrons. The van der Waals surface area contributed by atoms with Gasteiger partial charge in [0.15, 0.2) is 0 Å². The fourth-order valence-electron chi connectivity index (χ4n) is 1.72. The van der Waals surface area contributed by atoms with Gasteiger partial charge in [0.1, 0.15) is 0 Å². The molecule has 0 bridgehead atoms. The van der Waals surface area contributed by atoms with Crippen molar-refractivity contribution in [2.75, 3.05) is 59.5 Å². The zero-order chi connectivity index (χ0) is 18.6. The molecule has 0 spiro atoms. The van der Waals surface area contributed by atoms with Crippen molar-refractivity contribution in [1.29, 1.82) is 0 Å². The summed E-state index contributed by atoms with van der Waals surface area (Å²) < 4.78 is 37.2. The molecule has 0 aliphatic rings. The number of aliphatic hydroxyl groups is 1. The first kappa shape index (κ1) is 24.9. The molecular weight excluding hydrogens is 351 g/mol. The topological polar surface area (TPSA) is 104 Å². The highest BCUT2D eigenvalue weighted by molar-refractivity contribution is 7.47. The molecule has 0 rings (SSSR count). The van der Waals surface area contributed by atoms with E-state index < -0.39 is 7.82 Å². The first-order valence-corrected chi connectivity index (χ1v) is 10.6. The van der Waals surface area contributed by atoms with E-state index in [9.17, 15) is 9.46 Å². The predicted molar refractivity (Wildman–Crippen MR) is 94.6 cm³/mol. The van der Waals surface area contributed by atoms with E-state index in [4.69, 9.17) is 28.4 Å². The minimum atomic E-state index is -4.01. The fourth-order valence-corrected chi connectivity index (χ4v) is 2.46. The average Bonchev–Trinajstić information content (AvgIpc) is 2.59. The molecule has 25 heavy (non-hydrogen) atoms. The van der Waals surface area contributed by atoms with Crippen LogP contribution in [0, 0.1) is 0 Å². The highest BCUT2D eigenvalue weighted by Gasteiger charge is 2.20. The van der Waals surface area contributed by atoms with Crippen molar-refractivity contribution in [1.82, 2.24) is 0 Å². The number of rotatable bonds is 20. The number of hydrogen-bond donors (Lipinski definition) is 2. The molecule has 2 N–H and O–H groups in total. The lowest BCUT2D eigenvalue weighted by Crippen LogP contribution is -2.10. The van der Waals surface area contributed by atoms with Crippen LogP contribution >= 0.6 is 7.82 Å². The van der Waals surface area contributed by atoms with E-state index in [2.05, 4.69) is 6.92 Å². The molecule has 1 atom stereocenters. The van der Waals surface area contributed by atoms with Crippen LogP contribution in [0.3, 0.4) is 0 Å². The van der Waals surface area contributed by atoms with Crippen LogP contribution < -0.4 is 0 Å². The van der Waals surface area contributed by atoms with Crippen molar-refractivity contribution in [3.63, 3.8) is 0 Å².